The topological polar surface area (TPSA) is 0 Å². The van der Waals surface area contributed by atoms with Crippen LogP contribution in [0.1, 0.15) is 25.0 Å². The fourth-order valence-electron chi connectivity index (χ4n) is 10.9. The molecule has 10 aromatic rings. The van der Waals surface area contributed by atoms with Crippen LogP contribution in [-0.2, 0) is 5.41 Å². The monoisotopic (exact) mass is 746 g/mol. The SMILES string of the molecule is CC1(C)c2cc3c(cc2-c2cc4c(cc21)-c1ccc(-c2ccc(-c5ccccc5)cc2)c2cccc-4c12)-c1cccc2c(-c4ccc(-c5ccccc5)cc4)ccc-3c12. The van der Waals surface area contributed by atoms with Gasteiger partial charge in [0.25, 0.3) is 0 Å². The normalized spacial score (nSPS) is 13.4. The van der Waals surface area contributed by atoms with Crippen LogP contribution in [0.4, 0.5) is 0 Å². The van der Waals surface area contributed by atoms with E-state index >= 15 is 0 Å². The Labute approximate surface area is 344 Å². The lowest BCUT2D eigenvalue weighted by Gasteiger charge is -2.23. The van der Waals surface area contributed by atoms with E-state index in [0.29, 0.717) is 0 Å². The van der Waals surface area contributed by atoms with Gasteiger partial charge in [-0.3, -0.25) is 0 Å². The highest BCUT2D eigenvalue weighted by atomic mass is 14.4. The fraction of sp³-hybridized carbons (Fsp3) is 0.0508. The summed E-state index contributed by atoms with van der Waals surface area (Å²) in [6.07, 6.45) is 0. The van der Waals surface area contributed by atoms with Crippen molar-refractivity contribution >= 4 is 21.5 Å². The predicted molar refractivity (Wildman–Crippen MR) is 250 cm³/mol. The molecule has 0 spiro atoms. The van der Waals surface area contributed by atoms with Crippen molar-refractivity contribution in [3.05, 3.63) is 205 Å². The second-order valence-corrected chi connectivity index (χ2v) is 17.2. The Morgan fingerprint density at radius 3 is 1.00 bits per heavy atom. The van der Waals surface area contributed by atoms with Gasteiger partial charge in [0.15, 0.2) is 0 Å². The molecule has 0 unspecified atom stereocenters. The molecule has 10 aromatic carbocycles. The van der Waals surface area contributed by atoms with Crippen molar-refractivity contribution in [2.24, 2.45) is 0 Å². The maximum absolute atomic E-state index is 2.53. The molecule has 0 aromatic heterocycles. The van der Waals surface area contributed by atoms with Gasteiger partial charge in [0.2, 0.25) is 0 Å². The largest absolute Gasteiger partial charge is 0.0622 e. The molecule has 0 heteroatoms. The van der Waals surface area contributed by atoms with Crippen LogP contribution >= 0.6 is 0 Å². The first-order valence-electron chi connectivity index (χ1n) is 20.8. The van der Waals surface area contributed by atoms with E-state index < -0.39 is 0 Å². The number of rotatable bonds is 4. The summed E-state index contributed by atoms with van der Waals surface area (Å²) in [6.45, 7) is 4.85. The van der Waals surface area contributed by atoms with Gasteiger partial charge in [0, 0.05) is 5.41 Å². The molecule has 0 saturated carbocycles. The molecule has 0 radical (unpaired) electrons. The molecule has 0 N–H and O–H groups in total. The van der Waals surface area contributed by atoms with Gasteiger partial charge < -0.3 is 0 Å². The van der Waals surface area contributed by atoms with Crippen LogP contribution in [0, 0.1) is 0 Å². The van der Waals surface area contributed by atoms with Crippen molar-refractivity contribution in [3.8, 4) is 100 Å². The van der Waals surface area contributed by atoms with Crippen molar-refractivity contribution < 1.29 is 0 Å². The van der Waals surface area contributed by atoms with E-state index in [4.69, 9.17) is 0 Å². The second kappa shape index (κ2) is 11.9. The van der Waals surface area contributed by atoms with E-state index in [1.807, 2.05) is 0 Å². The minimum Gasteiger partial charge on any atom is -0.0622 e. The maximum Gasteiger partial charge on any atom is 0.0159 e. The van der Waals surface area contributed by atoms with Crippen LogP contribution in [0.5, 0.6) is 0 Å². The molecule has 0 aliphatic heterocycles. The van der Waals surface area contributed by atoms with Gasteiger partial charge in [-0.2, -0.15) is 0 Å². The van der Waals surface area contributed by atoms with Gasteiger partial charge in [0.1, 0.15) is 0 Å². The van der Waals surface area contributed by atoms with Crippen molar-refractivity contribution in [1.29, 1.82) is 0 Å². The standard InChI is InChI=1S/C59H38/c1-59(2)55-33-51-47-29-27-41(39-23-19-37(20-24-39)35-11-5-3-6-12-35)43-15-9-17-45(57(43)47)49(51)31-53(55)54-32-50-46-18-10-16-44-42(28-30-48(58(44)46)52(50)34-56(54)59)40-25-21-38(22-26-40)36-13-7-4-8-14-36/h3-34H,1-2H3. The molecular formula is C59H38. The first kappa shape index (κ1) is 32.8. The van der Waals surface area contributed by atoms with Crippen LogP contribution in [0.15, 0.2) is 194 Å². The second-order valence-electron chi connectivity index (χ2n) is 17.2. The van der Waals surface area contributed by atoms with Crippen molar-refractivity contribution in [1.82, 2.24) is 0 Å². The summed E-state index contributed by atoms with van der Waals surface area (Å²) < 4.78 is 0. The Bertz CT molecular complexity index is 3170. The predicted octanol–water partition coefficient (Wildman–Crippen LogP) is 16.3. The van der Waals surface area contributed by atoms with Crippen LogP contribution in [0.3, 0.4) is 0 Å². The van der Waals surface area contributed by atoms with E-state index in [1.54, 1.807) is 0 Å². The van der Waals surface area contributed by atoms with E-state index in [9.17, 15) is 0 Å². The molecule has 0 atom stereocenters. The Balaban J connectivity index is 0.914. The number of benzene rings is 10. The molecule has 0 fully saturated rings. The van der Waals surface area contributed by atoms with Gasteiger partial charge in [-0.1, -0.05) is 184 Å². The zero-order valence-electron chi connectivity index (χ0n) is 33.0. The third-order valence-corrected chi connectivity index (χ3v) is 13.8. The zero-order chi connectivity index (χ0) is 39.0. The number of fused-ring (bicyclic) bond motifs is 9. The lowest BCUT2D eigenvalue weighted by molar-refractivity contribution is 0.661. The average Bonchev–Trinajstić information content (AvgIpc) is 3.87. The molecule has 3 aliphatic carbocycles. The lowest BCUT2D eigenvalue weighted by Crippen LogP contribution is -2.15. The summed E-state index contributed by atoms with van der Waals surface area (Å²) in [5.41, 5.74) is 26.3. The highest BCUT2D eigenvalue weighted by Gasteiger charge is 2.39. The highest BCUT2D eigenvalue weighted by molar-refractivity contribution is 6.21. The number of hydrogen-bond donors (Lipinski definition) is 0. The summed E-state index contributed by atoms with van der Waals surface area (Å²) in [5.74, 6) is 0. The van der Waals surface area contributed by atoms with Gasteiger partial charge in [0.05, 0.1) is 0 Å². The molecule has 0 saturated heterocycles. The van der Waals surface area contributed by atoms with Crippen molar-refractivity contribution in [2.75, 3.05) is 0 Å². The van der Waals surface area contributed by atoms with E-state index in [1.165, 1.54) is 133 Å². The minimum atomic E-state index is -0.141. The number of hydrogen-bond acceptors (Lipinski definition) is 0. The maximum atomic E-state index is 2.53. The van der Waals surface area contributed by atoms with Gasteiger partial charge >= 0.3 is 0 Å². The zero-order valence-corrected chi connectivity index (χ0v) is 33.0. The lowest BCUT2D eigenvalue weighted by atomic mass is 9.80. The molecule has 0 amide bonds. The Morgan fingerprint density at radius 2 is 0.576 bits per heavy atom. The van der Waals surface area contributed by atoms with Gasteiger partial charge in [-0.05, 0) is 157 Å². The van der Waals surface area contributed by atoms with Gasteiger partial charge in [-0.25, -0.2) is 0 Å². The Kier molecular flexibility index (Phi) is 6.60. The molecule has 0 bridgehead atoms. The molecular weight excluding hydrogens is 709 g/mol. The summed E-state index contributed by atoms with van der Waals surface area (Å²) >= 11 is 0. The Hall–Kier alpha value is -7.28. The van der Waals surface area contributed by atoms with E-state index in [0.717, 1.165) is 0 Å². The quantitative estimate of drug-likeness (QED) is 0.168. The van der Waals surface area contributed by atoms with Crippen LogP contribution in [-0.4, -0.2) is 0 Å². The summed E-state index contributed by atoms with van der Waals surface area (Å²) in [6, 6.07) is 72.8. The summed E-state index contributed by atoms with van der Waals surface area (Å²) in [7, 11) is 0. The van der Waals surface area contributed by atoms with E-state index in [-0.39, 0.29) is 5.41 Å². The third-order valence-electron chi connectivity index (χ3n) is 13.8. The average molecular weight is 747 g/mol. The molecule has 3 aliphatic rings. The molecule has 59 heavy (non-hydrogen) atoms. The van der Waals surface area contributed by atoms with Gasteiger partial charge in [-0.15, -0.1) is 0 Å². The van der Waals surface area contributed by atoms with Crippen molar-refractivity contribution in [3.63, 3.8) is 0 Å². The molecule has 274 valence electrons. The smallest absolute Gasteiger partial charge is 0.0159 e. The third kappa shape index (κ3) is 4.55. The first-order chi connectivity index (χ1) is 29.0. The summed E-state index contributed by atoms with van der Waals surface area (Å²) in [4.78, 5) is 0. The van der Waals surface area contributed by atoms with Crippen molar-refractivity contribution in [2.45, 2.75) is 19.3 Å². The van der Waals surface area contributed by atoms with Crippen LogP contribution in [0.2, 0.25) is 0 Å². The Morgan fingerprint density at radius 1 is 0.237 bits per heavy atom. The van der Waals surface area contributed by atoms with Crippen LogP contribution < -0.4 is 0 Å². The highest BCUT2D eigenvalue weighted by Crippen LogP contribution is 2.59. The molecule has 0 heterocycles. The first-order valence-corrected chi connectivity index (χ1v) is 20.8. The fourth-order valence-corrected chi connectivity index (χ4v) is 10.9. The van der Waals surface area contributed by atoms with Crippen LogP contribution in [0.25, 0.3) is 122 Å². The van der Waals surface area contributed by atoms with E-state index in [2.05, 4.69) is 208 Å². The molecule has 0 nitrogen and oxygen atoms in total. The molecule has 13 rings (SSSR count). The summed E-state index contributed by atoms with van der Waals surface area (Å²) in [5, 5.41) is 5.38. The minimum absolute atomic E-state index is 0.141.